The van der Waals surface area contributed by atoms with E-state index in [2.05, 4.69) is 4.98 Å². The van der Waals surface area contributed by atoms with Gasteiger partial charge >= 0.3 is 6.18 Å². The third kappa shape index (κ3) is 2.73. The molecule has 0 amide bonds. The van der Waals surface area contributed by atoms with Gasteiger partial charge in [0.2, 0.25) is 0 Å². The standard InChI is InChI=1S/C11H12F3N3O/c12-11(13,14)8-16(6-7-18)10-3-1-2-9-15-4-5-17(9)10/h1-5,18H,6-8H2. The Labute approximate surface area is 101 Å². The minimum Gasteiger partial charge on any atom is -0.395 e. The molecule has 0 aliphatic rings. The van der Waals surface area contributed by atoms with Gasteiger partial charge in [-0.25, -0.2) is 4.98 Å². The second-order valence-corrected chi connectivity index (χ2v) is 3.80. The van der Waals surface area contributed by atoms with Crippen LogP contribution in [0.3, 0.4) is 0 Å². The lowest BCUT2D eigenvalue weighted by Gasteiger charge is -2.25. The molecule has 0 aliphatic carbocycles. The van der Waals surface area contributed by atoms with E-state index in [1.807, 2.05) is 0 Å². The summed E-state index contributed by atoms with van der Waals surface area (Å²) >= 11 is 0. The fourth-order valence-corrected chi connectivity index (χ4v) is 1.80. The maximum absolute atomic E-state index is 12.5. The molecule has 0 aromatic carbocycles. The molecule has 2 heterocycles. The van der Waals surface area contributed by atoms with Gasteiger partial charge in [-0.2, -0.15) is 13.2 Å². The van der Waals surface area contributed by atoms with E-state index in [-0.39, 0.29) is 13.2 Å². The van der Waals surface area contributed by atoms with Crippen LogP contribution in [0.1, 0.15) is 0 Å². The van der Waals surface area contributed by atoms with Crippen LogP contribution in [0.5, 0.6) is 0 Å². The number of rotatable bonds is 4. The normalized spacial score (nSPS) is 12.0. The van der Waals surface area contributed by atoms with Crippen molar-refractivity contribution < 1.29 is 18.3 Å². The number of hydrogen-bond acceptors (Lipinski definition) is 3. The zero-order valence-corrected chi connectivity index (χ0v) is 9.43. The minimum atomic E-state index is -4.32. The summed E-state index contributed by atoms with van der Waals surface area (Å²) < 4.78 is 39.0. The highest BCUT2D eigenvalue weighted by molar-refractivity contribution is 5.51. The Morgan fingerprint density at radius 3 is 2.78 bits per heavy atom. The monoisotopic (exact) mass is 259 g/mol. The smallest absolute Gasteiger partial charge is 0.395 e. The number of halogens is 3. The summed E-state index contributed by atoms with van der Waals surface area (Å²) in [6.45, 7) is -1.54. The van der Waals surface area contributed by atoms with Crippen molar-refractivity contribution in [2.75, 3.05) is 24.6 Å². The van der Waals surface area contributed by atoms with Gasteiger partial charge in [0.25, 0.3) is 0 Å². The van der Waals surface area contributed by atoms with Gasteiger partial charge < -0.3 is 10.0 Å². The summed E-state index contributed by atoms with van der Waals surface area (Å²) in [6.07, 6.45) is -1.22. The summed E-state index contributed by atoms with van der Waals surface area (Å²) in [7, 11) is 0. The summed E-state index contributed by atoms with van der Waals surface area (Å²) in [5.41, 5.74) is 0.567. The molecule has 0 saturated heterocycles. The number of aliphatic hydroxyl groups is 1. The van der Waals surface area contributed by atoms with E-state index in [0.717, 1.165) is 4.90 Å². The molecule has 0 spiro atoms. The molecule has 0 fully saturated rings. The maximum atomic E-state index is 12.5. The topological polar surface area (TPSA) is 40.8 Å². The van der Waals surface area contributed by atoms with Crippen molar-refractivity contribution in [3.63, 3.8) is 0 Å². The minimum absolute atomic E-state index is 0.0865. The van der Waals surface area contributed by atoms with Crippen LogP contribution in [0.4, 0.5) is 19.0 Å². The molecule has 2 aromatic heterocycles. The molecule has 7 heteroatoms. The molecule has 0 saturated carbocycles. The number of anilines is 1. The summed E-state index contributed by atoms with van der Waals surface area (Å²) in [5.74, 6) is 0.358. The third-order valence-corrected chi connectivity index (χ3v) is 2.47. The SMILES string of the molecule is OCCN(CC(F)(F)F)c1cccc2nccn12. The molecule has 18 heavy (non-hydrogen) atoms. The quantitative estimate of drug-likeness (QED) is 0.908. The number of nitrogens with zero attached hydrogens (tertiary/aromatic N) is 3. The third-order valence-electron chi connectivity index (χ3n) is 2.47. The Morgan fingerprint density at radius 2 is 2.11 bits per heavy atom. The lowest BCUT2D eigenvalue weighted by atomic mass is 10.3. The molecule has 0 radical (unpaired) electrons. The van der Waals surface area contributed by atoms with Gasteiger partial charge in [-0.05, 0) is 12.1 Å². The van der Waals surface area contributed by atoms with E-state index in [4.69, 9.17) is 5.11 Å². The zero-order chi connectivity index (χ0) is 13.2. The Hall–Kier alpha value is -1.76. The Bertz CT molecular complexity index is 523. The highest BCUT2D eigenvalue weighted by Crippen LogP contribution is 2.22. The van der Waals surface area contributed by atoms with Gasteiger partial charge in [0.05, 0.1) is 6.61 Å². The lowest BCUT2D eigenvalue weighted by molar-refractivity contribution is -0.120. The predicted octanol–water partition coefficient (Wildman–Crippen LogP) is 1.70. The van der Waals surface area contributed by atoms with Crippen LogP contribution in [0.25, 0.3) is 5.65 Å². The van der Waals surface area contributed by atoms with Crippen LogP contribution in [0.15, 0.2) is 30.6 Å². The van der Waals surface area contributed by atoms with E-state index >= 15 is 0 Å². The molecule has 0 unspecified atom stereocenters. The van der Waals surface area contributed by atoms with E-state index in [1.165, 1.54) is 6.20 Å². The average Bonchev–Trinajstić information content (AvgIpc) is 2.74. The summed E-state index contributed by atoms with van der Waals surface area (Å²) in [5, 5.41) is 8.88. The van der Waals surface area contributed by atoms with Crippen LogP contribution < -0.4 is 4.90 Å². The van der Waals surface area contributed by atoms with Crippen molar-refractivity contribution in [2.24, 2.45) is 0 Å². The van der Waals surface area contributed by atoms with Crippen LogP contribution in [-0.2, 0) is 0 Å². The fraction of sp³-hybridized carbons (Fsp3) is 0.364. The van der Waals surface area contributed by atoms with Gasteiger partial charge in [0.1, 0.15) is 18.0 Å². The van der Waals surface area contributed by atoms with E-state index < -0.39 is 12.7 Å². The molecule has 98 valence electrons. The number of pyridine rings is 1. The lowest BCUT2D eigenvalue weighted by Crippen LogP contribution is -2.37. The Kier molecular flexibility index (Phi) is 3.42. The first-order valence-electron chi connectivity index (χ1n) is 5.36. The molecular weight excluding hydrogens is 247 g/mol. The van der Waals surface area contributed by atoms with Gasteiger partial charge in [0, 0.05) is 18.9 Å². The molecule has 0 bridgehead atoms. The van der Waals surface area contributed by atoms with E-state index in [1.54, 1.807) is 28.8 Å². The highest BCUT2D eigenvalue weighted by Gasteiger charge is 2.31. The molecule has 1 N–H and O–H groups in total. The second kappa shape index (κ2) is 4.85. The van der Waals surface area contributed by atoms with Crippen molar-refractivity contribution in [1.82, 2.24) is 9.38 Å². The van der Waals surface area contributed by atoms with Crippen molar-refractivity contribution in [3.8, 4) is 0 Å². The van der Waals surface area contributed by atoms with Crippen molar-refractivity contribution >= 4 is 11.5 Å². The van der Waals surface area contributed by atoms with Gasteiger partial charge in [-0.1, -0.05) is 6.07 Å². The first-order valence-corrected chi connectivity index (χ1v) is 5.36. The van der Waals surface area contributed by atoms with Crippen molar-refractivity contribution in [1.29, 1.82) is 0 Å². The number of fused-ring (bicyclic) bond motifs is 1. The zero-order valence-electron chi connectivity index (χ0n) is 9.43. The average molecular weight is 259 g/mol. The van der Waals surface area contributed by atoms with Crippen LogP contribution in [0.2, 0.25) is 0 Å². The van der Waals surface area contributed by atoms with Gasteiger partial charge in [-0.15, -0.1) is 0 Å². The Balaban J connectivity index is 2.38. The van der Waals surface area contributed by atoms with E-state index in [9.17, 15) is 13.2 Å². The molecular formula is C11H12F3N3O. The second-order valence-electron chi connectivity index (χ2n) is 3.80. The molecule has 0 atom stereocenters. The van der Waals surface area contributed by atoms with Crippen molar-refractivity contribution in [2.45, 2.75) is 6.18 Å². The van der Waals surface area contributed by atoms with Gasteiger partial charge in [0.15, 0.2) is 0 Å². The predicted molar refractivity (Wildman–Crippen MR) is 60.5 cm³/mol. The number of alkyl halides is 3. The van der Waals surface area contributed by atoms with Crippen LogP contribution >= 0.6 is 0 Å². The molecule has 0 aliphatic heterocycles. The summed E-state index contributed by atoms with van der Waals surface area (Å²) in [6, 6.07) is 4.91. The Morgan fingerprint density at radius 1 is 1.33 bits per heavy atom. The first-order chi connectivity index (χ1) is 8.51. The van der Waals surface area contributed by atoms with E-state index in [0.29, 0.717) is 11.5 Å². The number of aromatic nitrogens is 2. The summed E-state index contributed by atoms with van der Waals surface area (Å²) in [4.78, 5) is 5.09. The number of hydrogen-bond donors (Lipinski definition) is 1. The molecule has 2 aromatic rings. The molecule has 4 nitrogen and oxygen atoms in total. The van der Waals surface area contributed by atoms with Gasteiger partial charge in [-0.3, -0.25) is 4.40 Å². The maximum Gasteiger partial charge on any atom is 0.405 e. The first kappa shape index (κ1) is 12.7. The van der Waals surface area contributed by atoms with Crippen molar-refractivity contribution in [3.05, 3.63) is 30.6 Å². The van der Waals surface area contributed by atoms with Crippen LogP contribution in [-0.4, -0.2) is 40.4 Å². The molecule has 2 rings (SSSR count). The number of imidazole rings is 1. The largest absolute Gasteiger partial charge is 0.405 e. The number of aliphatic hydroxyl groups excluding tert-OH is 1. The van der Waals surface area contributed by atoms with Crippen LogP contribution in [0, 0.1) is 0 Å². The highest BCUT2D eigenvalue weighted by atomic mass is 19.4. The fourth-order valence-electron chi connectivity index (χ4n) is 1.80.